The molecule has 1 aromatic rings. The fourth-order valence-electron chi connectivity index (χ4n) is 2.32. The minimum absolute atomic E-state index is 0.206. The van der Waals surface area contributed by atoms with Crippen LogP contribution in [0.3, 0.4) is 0 Å². The maximum atomic E-state index is 13.7. The van der Waals surface area contributed by atoms with Gasteiger partial charge in [0.05, 0.1) is 4.92 Å². The molecule has 1 rings (SSSR count). The van der Waals surface area contributed by atoms with Crippen molar-refractivity contribution >= 4 is 11.4 Å². The molecule has 20 heavy (non-hydrogen) atoms. The van der Waals surface area contributed by atoms with Crippen LogP contribution in [0.4, 0.5) is 20.2 Å². The third-order valence-corrected chi connectivity index (χ3v) is 3.50. The Morgan fingerprint density at radius 2 is 1.75 bits per heavy atom. The smallest absolute Gasteiger partial charge is 0.295 e. The molecule has 0 saturated heterocycles. The molecule has 1 aromatic carbocycles. The Balaban J connectivity index is 3.02. The van der Waals surface area contributed by atoms with Crippen molar-refractivity contribution in [3.8, 4) is 0 Å². The minimum Gasteiger partial charge on any atom is -0.377 e. The molecule has 0 unspecified atom stereocenters. The van der Waals surface area contributed by atoms with Crippen molar-refractivity contribution in [1.29, 1.82) is 0 Å². The number of nitro groups is 1. The van der Waals surface area contributed by atoms with Gasteiger partial charge in [-0.2, -0.15) is 0 Å². The summed E-state index contributed by atoms with van der Waals surface area (Å²) in [5.41, 5.74) is -0.823. The van der Waals surface area contributed by atoms with Gasteiger partial charge >= 0.3 is 0 Å². The van der Waals surface area contributed by atoms with E-state index in [0.717, 1.165) is 12.1 Å². The van der Waals surface area contributed by atoms with Gasteiger partial charge in [-0.3, -0.25) is 10.1 Å². The number of hydrogen-bond donors (Lipinski definition) is 1. The molecular formula is C14H20F2N2O2. The highest BCUT2D eigenvalue weighted by atomic mass is 19.2. The molecule has 0 aliphatic rings. The summed E-state index contributed by atoms with van der Waals surface area (Å²) in [7, 11) is 0. The minimum atomic E-state index is -1.20. The van der Waals surface area contributed by atoms with Crippen LogP contribution < -0.4 is 5.32 Å². The van der Waals surface area contributed by atoms with Crippen LogP contribution in [0.25, 0.3) is 0 Å². The summed E-state index contributed by atoms with van der Waals surface area (Å²) < 4.78 is 27.0. The van der Waals surface area contributed by atoms with Crippen molar-refractivity contribution in [1.82, 2.24) is 0 Å². The third kappa shape index (κ3) is 3.65. The van der Waals surface area contributed by atoms with E-state index in [0.29, 0.717) is 18.4 Å². The Kier molecular flexibility index (Phi) is 5.42. The lowest BCUT2D eigenvalue weighted by atomic mass is 9.85. The average molecular weight is 286 g/mol. The molecule has 0 aromatic heterocycles. The van der Waals surface area contributed by atoms with Crippen molar-refractivity contribution in [2.45, 2.75) is 27.7 Å². The van der Waals surface area contributed by atoms with Gasteiger partial charge in [0, 0.05) is 12.6 Å². The SMILES string of the molecule is CC(C)C(CNc1c([N+](=O)[O-])ccc(F)c1F)C(C)C. The summed E-state index contributed by atoms with van der Waals surface area (Å²) in [5.74, 6) is -1.43. The van der Waals surface area contributed by atoms with Crippen molar-refractivity contribution in [3.05, 3.63) is 33.9 Å². The lowest BCUT2D eigenvalue weighted by Gasteiger charge is -2.25. The molecule has 0 aliphatic carbocycles. The second kappa shape index (κ2) is 6.63. The summed E-state index contributed by atoms with van der Waals surface area (Å²) in [6.45, 7) is 8.48. The van der Waals surface area contributed by atoms with E-state index in [9.17, 15) is 18.9 Å². The van der Waals surface area contributed by atoms with E-state index in [4.69, 9.17) is 0 Å². The molecule has 0 bridgehead atoms. The molecular weight excluding hydrogens is 266 g/mol. The van der Waals surface area contributed by atoms with Gasteiger partial charge in [0.1, 0.15) is 0 Å². The number of hydrogen-bond acceptors (Lipinski definition) is 3. The normalized spacial score (nSPS) is 11.4. The van der Waals surface area contributed by atoms with Crippen LogP contribution in [0.5, 0.6) is 0 Å². The number of nitrogens with one attached hydrogen (secondary N) is 1. The van der Waals surface area contributed by atoms with Gasteiger partial charge in [0.25, 0.3) is 5.69 Å². The highest BCUT2D eigenvalue weighted by Gasteiger charge is 2.24. The summed E-state index contributed by atoms with van der Waals surface area (Å²) in [6, 6.07) is 1.74. The van der Waals surface area contributed by atoms with Gasteiger partial charge in [-0.1, -0.05) is 27.7 Å². The zero-order chi connectivity index (χ0) is 15.4. The summed E-state index contributed by atoms with van der Waals surface area (Å²) in [5, 5.41) is 13.6. The van der Waals surface area contributed by atoms with Crippen LogP contribution in [0.1, 0.15) is 27.7 Å². The maximum Gasteiger partial charge on any atom is 0.295 e. The first-order chi connectivity index (χ1) is 9.25. The Labute approximate surface area is 117 Å². The molecule has 112 valence electrons. The summed E-state index contributed by atoms with van der Waals surface area (Å²) >= 11 is 0. The molecule has 0 heterocycles. The Morgan fingerprint density at radius 3 is 2.20 bits per heavy atom. The van der Waals surface area contributed by atoms with E-state index in [2.05, 4.69) is 5.32 Å². The van der Waals surface area contributed by atoms with Gasteiger partial charge in [-0.25, -0.2) is 8.78 Å². The topological polar surface area (TPSA) is 55.2 Å². The molecule has 0 spiro atoms. The van der Waals surface area contributed by atoms with E-state index in [1.807, 2.05) is 27.7 Å². The number of anilines is 1. The maximum absolute atomic E-state index is 13.7. The standard InChI is InChI=1S/C14H20F2N2O2/c1-8(2)10(9(3)4)7-17-14-12(18(19)20)6-5-11(15)13(14)16/h5-6,8-10,17H,7H2,1-4H3. The predicted octanol–water partition coefficient (Wildman–Crippen LogP) is 4.21. The van der Waals surface area contributed by atoms with Crippen molar-refractivity contribution in [3.63, 3.8) is 0 Å². The predicted molar refractivity (Wildman–Crippen MR) is 74.7 cm³/mol. The number of nitro benzene ring substituents is 1. The third-order valence-electron chi connectivity index (χ3n) is 3.50. The fourth-order valence-corrected chi connectivity index (χ4v) is 2.32. The van der Waals surface area contributed by atoms with E-state index >= 15 is 0 Å². The largest absolute Gasteiger partial charge is 0.377 e. The zero-order valence-corrected chi connectivity index (χ0v) is 12.1. The van der Waals surface area contributed by atoms with E-state index in [1.54, 1.807) is 0 Å². The van der Waals surface area contributed by atoms with Crippen molar-refractivity contribution in [2.75, 3.05) is 11.9 Å². The Morgan fingerprint density at radius 1 is 1.20 bits per heavy atom. The second-order valence-corrected chi connectivity index (χ2v) is 5.55. The first kappa shape index (κ1) is 16.3. The monoisotopic (exact) mass is 286 g/mol. The Hall–Kier alpha value is -1.72. The number of benzene rings is 1. The molecule has 0 fully saturated rings. The fraction of sp³-hybridized carbons (Fsp3) is 0.571. The second-order valence-electron chi connectivity index (χ2n) is 5.55. The lowest BCUT2D eigenvalue weighted by molar-refractivity contribution is -0.384. The molecule has 0 atom stereocenters. The van der Waals surface area contributed by atoms with Crippen LogP contribution in [0.2, 0.25) is 0 Å². The molecule has 0 aliphatic heterocycles. The summed E-state index contributed by atoms with van der Waals surface area (Å²) in [4.78, 5) is 10.2. The number of rotatable bonds is 6. The highest BCUT2D eigenvalue weighted by Crippen LogP contribution is 2.30. The van der Waals surface area contributed by atoms with Gasteiger partial charge in [-0.05, 0) is 23.8 Å². The number of nitrogens with zero attached hydrogens (tertiary/aromatic N) is 1. The van der Waals surface area contributed by atoms with Crippen LogP contribution in [0, 0.1) is 39.5 Å². The van der Waals surface area contributed by atoms with Gasteiger partial charge in [0.15, 0.2) is 17.3 Å². The first-order valence-electron chi connectivity index (χ1n) is 6.62. The molecule has 6 heteroatoms. The van der Waals surface area contributed by atoms with Crippen LogP contribution in [-0.2, 0) is 0 Å². The Bertz CT molecular complexity index is 482. The van der Waals surface area contributed by atoms with E-state index < -0.39 is 22.2 Å². The molecule has 4 nitrogen and oxygen atoms in total. The quantitative estimate of drug-likeness (QED) is 0.629. The van der Waals surface area contributed by atoms with E-state index in [1.165, 1.54) is 0 Å². The first-order valence-corrected chi connectivity index (χ1v) is 6.62. The van der Waals surface area contributed by atoms with Crippen molar-refractivity contribution in [2.24, 2.45) is 17.8 Å². The van der Waals surface area contributed by atoms with E-state index in [-0.39, 0.29) is 11.6 Å². The average Bonchev–Trinajstić information content (AvgIpc) is 2.33. The van der Waals surface area contributed by atoms with Crippen LogP contribution >= 0.6 is 0 Å². The molecule has 0 radical (unpaired) electrons. The highest BCUT2D eigenvalue weighted by molar-refractivity contribution is 5.62. The lowest BCUT2D eigenvalue weighted by Crippen LogP contribution is -2.25. The van der Waals surface area contributed by atoms with Gasteiger partial charge in [0.2, 0.25) is 0 Å². The van der Waals surface area contributed by atoms with Crippen LogP contribution in [0.15, 0.2) is 12.1 Å². The number of halogens is 2. The van der Waals surface area contributed by atoms with Gasteiger partial charge in [-0.15, -0.1) is 0 Å². The zero-order valence-electron chi connectivity index (χ0n) is 12.1. The van der Waals surface area contributed by atoms with Crippen LogP contribution in [-0.4, -0.2) is 11.5 Å². The van der Waals surface area contributed by atoms with Crippen molar-refractivity contribution < 1.29 is 13.7 Å². The summed E-state index contributed by atoms with van der Waals surface area (Å²) in [6.07, 6.45) is 0. The molecule has 1 N–H and O–H groups in total. The molecule has 0 saturated carbocycles. The van der Waals surface area contributed by atoms with Gasteiger partial charge < -0.3 is 5.32 Å². The molecule has 0 amide bonds.